The average Bonchev–Trinajstić information content (AvgIpc) is 2.44. The first-order chi connectivity index (χ1) is 7.63. The zero-order valence-electron chi connectivity index (χ0n) is 9.39. The molecule has 2 rings (SSSR count). The number of halogens is 2. The molecule has 1 heterocycles. The second-order valence-corrected chi connectivity index (χ2v) is 5.95. The summed E-state index contributed by atoms with van der Waals surface area (Å²) in [5.74, 6) is 0.652. The van der Waals surface area contributed by atoms with E-state index in [2.05, 4.69) is 12.2 Å². The zero-order valence-corrected chi connectivity index (χ0v) is 11.0. The van der Waals surface area contributed by atoms with Crippen molar-refractivity contribution in [2.45, 2.75) is 30.4 Å². The molecule has 2 atom stereocenters. The van der Waals surface area contributed by atoms with Gasteiger partial charge in [0.15, 0.2) is 0 Å². The first kappa shape index (κ1) is 12.2. The van der Waals surface area contributed by atoms with Gasteiger partial charge in [-0.1, -0.05) is 18.5 Å². The van der Waals surface area contributed by atoms with Crippen LogP contribution in [-0.2, 0) is 5.75 Å². The second kappa shape index (κ2) is 4.94. The van der Waals surface area contributed by atoms with Crippen LogP contribution in [0.4, 0.5) is 4.39 Å². The van der Waals surface area contributed by atoms with Gasteiger partial charge in [0.05, 0.1) is 0 Å². The Kier molecular flexibility index (Phi) is 3.77. The van der Waals surface area contributed by atoms with Gasteiger partial charge < -0.3 is 5.32 Å². The summed E-state index contributed by atoms with van der Waals surface area (Å²) in [6, 6.07) is 3.18. The molecule has 1 aromatic rings. The molecule has 88 valence electrons. The summed E-state index contributed by atoms with van der Waals surface area (Å²) in [5.41, 5.74) is 1.71. The van der Waals surface area contributed by atoms with Crippen LogP contribution >= 0.6 is 23.4 Å². The number of nitrogens with one attached hydrogen (secondary N) is 1. The SMILES string of the molecule is CNC1CC(C)SCc2c(Cl)ccc(F)c21. The summed E-state index contributed by atoms with van der Waals surface area (Å²) in [7, 11) is 1.87. The van der Waals surface area contributed by atoms with Crippen LogP contribution in [0.5, 0.6) is 0 Å². The van der Waals surface area contributed by atoms with Gasteiger partial charge in [0, 0.05) is 27.6 Å². The van der Waals surface area contributed by atoms with Crippen molar-refractivity contribution in [3.8, 4) is 0 Å². The van der Waals surface area contributed by atoms with Gasteiger partial charge in [0.2, 0.25) is 0 Å². The zero-order chi connectivity index (χ0) is 11.7. The Morgan fingerprint density at radius 1 is 1.50 bits per heavy atom. The molecule has 0 saturated carbocycles. The molecule has 4 heteroatoms. The summed E-state index contributed by atoms with van der Waals surface area (Å²) in [5, 5.41) is 4.38. The molecule has 0 amide bonds. The lowest BCUT2D eigenvalue weighted by atomic mass is 9.97. The minimum Gasteiger partial charge on any atom is -0.313 e. The molecule has 1 aliphatic rings. The van der Waals surface area contributed by atoms with E-state index in [1.54, 1.807) is 6.07 Å². The van der Waals surface area contributed by atoms with Crippen LogP contribution in [0.2, 0.25) is 5.02 Å². The average molecular weight is 260 g/mol. The van der Waals surface area contributed by atoms with E-state index in [9.17, 15) is 4.39 Å². The molecular weight excluding hydrogens is 245 g/mol. The minimum absolute atomic E-state index is 0.0682. The Balaban J connectivity index is 2.52. The Hall–Kier alpha value is -0.250. The number of thioether (sulfide) groups is 1. The van der Waals surface area contributed by atoms with Crippen LogP contribution < -0.4 is 5.32 Å². The minimum atomic E-state index is -0.145. The van der Waals surface area contributed by atoms with E-state index in [1.807, 2.05) is 18.8 Å². The van der Waals surface area contributed by atoms with Crippen molar-refractivity contribution >= 4 is 23.4 Å². The number of hydrogen-bond donors (Lipinski definition) is 1. The van der Waals surface area contributed by atoms with Crippen molar-refractivity contribution in [1.82, 2.24) is 5.32 Å². The van der Waals surface area contributed by atoms with Gasteiger partial charge in [-0.15, -0.1) is 0 Å². The topological polar surface area (TPSA) is 12.0 Å². The highest BCUT2D eigenvalue weighted by Crippen LogP contribution is 2.38. The highest BCUT2D eigenvalue weighted by Gasteiger charge is 2.26. The van der Waals surface area contributed by atoms with E-state index in [0.29, 0.717) is 10.3 Å². The molecule has 0 aliphatic carbocycles. The largest absolute Gasteiger partial charge is 0.313 e. The second-order valence-electron chi connectivity index (χ2n) is 4.12. The van der Waals surface area contributed by atoms with Crippen molar-refractivity contribution in [1.29, 1.82) is 0 Å². The van der Waals surface area contributed by atoms with Crippen molar-refractivity contribution in [2.24, 2.45) is 0 Å². The molecule has 1 aromatic carbocycles. The molecule has 0 aromatic heterocycles. The predicted octanol–water partition coefficient (Wildman–Crippen LogP) is 3.77. The maximum Gasteiger partial charge on any atom is 0.128 e. The Morgan fingerprint density at radius 2 is 2.25 bits per heavy atom. The molecule has 1 nitrogen and oxygen atoms in total. The van der Waals surface area contributed by atoms with Gasteiger partial charge in [0.25, 0.3) is 0 Å². The Labute approximate surface area is 105 Å². The molecule has 1 aliphatic heterocycles. The van der Waals surface area contributed by atoms with Gasteiger partial charge in [-0.25, -0.2) is 4.39 Å². The summed E-state index contributed by atoms with van der Waals surface area (Å²) >= 11 is 7.98. The van der Waals surface area contributed by atoms with Gasteiger partial charge in [-0.05, 0) is 31.2 Å². The molecule has 0 spiro atoms. The lowest BCUT2D eigenvalue weighted by Gasteiger charge is -2.19. The Morgan fingerprint density at radius 3 is 2.94 bits per heavy atom. The fourth-order valence-electron chi connectivity index (χ4n) is 2.14. The molecule has 0 saturated heterocycles. The van der Waals surface area contributed by atoms with Crippen LogP contribution in [0.1, 0.15) is 30.5 Å². The molecule has 1 N–H and O–H groups in total. The lowest BCUT2D eigenvalue weighted by Crippen LogP contribution is -2.20. The first-order valence-electron chi connectivity index (χ1n) is 5.39. The van der Waals surface area contributed by atoms with Crippen LogP contribution in [0.25, 0.3) is 0 Å². The standard InChI is InChI=1S/C12H15ClFNS/c1-7-5-11(15-2)12-8(6-16-7)9(13)3-4-10(12)14/h3-4,7,11,15H,5-6H2,1-2H3. The third-order valence-electron chi connectivity index (χ3n) is 3.02. The molecule has 0 fully saturated rings. The normalized spacial score (nSPS) is 25.0. The Bertz CT molecular complexity index is 397. The molecular formula is C12H15ClFNS. The van der Waals surface area contributed by atoms with Gasteiger partial charge in [0.1, 0.15) is 5.82 Å². The van der Waals surface area contributed by atoms with E-state index in [0.717, 1.165) is 23.3 Å². The molecule has 0 radical (unpaired) electrons. The first-order valence-corrected chi connectivity index (χ1v) is 6.81. The van der Waals surface area contributed by atoms with Crippen molar-refractivity contribution < 1.29 is 4.39 Å². The highest BCUT2D eigenvalue weighted by atomic mass is 35.5. The molecule has 16 heavy (non-hydrogen) atoms. The maximum absolute atomic E-state index is 13.9. The third-order valence-corrected chi connectivity index (χ3v) is 4.59. The fourth-order valence-corrected chi connectivity index (χ4v) is 3.54. The molecule has 2 unspecified atom stereocenters. The maximum atomic E-state index is 13.9. The van der Waals surface area contributed by atoms with Crippen molar-refractivity contribution in [3.63, 3.8) is 0 Å². The quantitative estimate of drug-likeness (QED) is 0.824. The smallest absolute Gasteiger partial charge is 0.128 e. The summed E-state index contributed by atoms with van der Waals surface area (Å²) in [4.78, 5) is 0. The number of fused-ring (bicyclic) bond motifs is 1. The van der Waals surface area contributed by atoms with Gasteiger partial charge >= 0.3 is 0 Å². The van der Waals surface area contributed by atoms with E-state index >= 15 is 0 Å². The number of benzene rings is 1. The van der Waals surface area contributed by atoms with Crippen LogP contribution in [0.15, 0.2) is 12.1 Å². The molecule has 0 bridgehead atoms. The van der Waals surface area contributed by atoms with Crippen LogP contribution in [0.3, 0.4) is 0 Å². The van der Waals surface area contributed by atoms with Crippen molar-refractivity contribution in [3.05, 3.63) is 34.1 Å². The van der Waals surface area contributed by atoms with E-state index in [4.69, 9.17) is 11.6 Å². The van der Waals surface area contributed by atoms with Crippen LogP contribution in [0, 0.1) is 5.82 Å². The van der Waals surface area contributed by atoms with Gasteiger partial charge in [-0.2, -0.15) is 11.8 Å². The fraction of sp³-hybridized carbons (Fsp3) is 0.500. The lowest BCUT2D eigenvalue weighted by molar-refractivity contribution is 0.508. The van der Waals surface area contributed by atoms with Gasteiger partial charge in [-0.3, -0.25) is 0 Å². The van der Waals surface area contributed by atoms with E-state index < -0.39 is 0 Å². The van der Waals surface area contributed by atoms with Crippen molar-refractivity contribution in [2.75, 3.05) is 7.05 Å². The summed E-state index contributed by atoms with van der Waals surface area (Å²) in [6.07, 6.45) is 0.936. The number of hydrogen-bond acceptors (Lipinski definition) is 2. The summed E-state index contributed by atoms with van der Waals surface area (Å²) < 4.78 is 13.9. The predicted molar refractivity (Wildman–Crippen MR) is 68.6 cm³/mol. The highest BCUT2D eigenvalue weighted by molar-refractivity contribution is 7.99. The van der Waals surface area contributed by atoms with Crippen LogP contribution in [-0.4, -0.2) is 12.3 Å². The summed E-state index contributed by atoms with van der Waals surface area (Å²) in [6.45, 7) is 2.17. The van der Waals surface area contributed by atoms with E-state index in [1.165, 1.54) is 6.07 Å². The third kappa shape index (κ3) is 2.22. The monoisotopic (exact) mass is 259 g/mol. The number of rotatable bonds is 1. The van der Waals surface area contributed by atoms with E-state index in [-0.39, 0.29) is 11.9 Å².